The maximum absolute atomic E-state index is 12.7. The van der Waals surface area contributed by atoms with E-state index < -0.39 is 5.91 Å². The fraction of sp³-hybridized carbons (Fsp3) is 0.0952. The van der Waals surface area contributed by atoms with Crippen molar-refractivity contribution in [1.29, 1.82) is 5.26 Å². The number of nitriles is 1. The molecule has 3 aromatic rings. The number of benzene rings is 2. The SMILES string of the molecule is N#CCCSc1ccccc1NC(=O)c1cccc(NC(=O)c2ccc(Br)o2)c1. The zero-order valence-electron chi connectivity index (χ0n) is 15.1. The predicted octanol–water partition coefficient (Wildman–Crippen LogP) is 5.55. The number of nitrogens with one attached hydrogen (secondary N) is 2. The lowest BCUT2D eigenvalue weighted by atomic mass is 10.1. The lowest BCUT2D eigenvalue weighted by molar-refractivity contribution is 0.0992. The van der Waals surface area contributed by atoms with Crippen LogP contribution in [0.1, 0.15) is 27.3 Å². The molecular weight excluding hydrogens is 454 g/mol. The maximum atomic E-state index is 12.7. The van der Waals surface area contributed by atoms with Crippen LogP contribution >= 0.6 is 27.7 Å². The monoisotopic (exact) mass is 469 g/mol. The summed E-state index contributed by atoms with van der Waals surface area (Å²) in [6, 6.07) is 19.4. The number of rotatable bonds is 7. The van der Waals surface area contributed by atoms with Gasteiger partial charge in [-0.25, -0.2) is 0 Å². The molecule has 0 aliphatic heterocycles. The molecular formula is C21H16BrN3O3S. The third-order valence-corrected chi connectivity index (χ3v) is 5.29. The molecule has 0 atom stereocenters. The molecule has 146 valence electrons. The molecule has 2 N–H and O–H groups in total. The number of anilines is 2. The van der Waals surface area contributed by atoms with Crippen LogP contribution in [0.4, 0.5) is 11.4 Å². The van der Waals surface area contributed by atoms with E-state index in [1.165, 1.54) is 11.8 Å². The number of hydrogen-bond acceptors (Lipinski definition) is 5. The number of furan rings is 1. The van der Waals surface area contributed by atoms with Gasteiger partial charge in [-0.05, 0) is 58.4 Å². The Morgan fingerprint density at radius 1 is 1.03 bits per heavy atom. The number of para-hydroxylation sites is 1. The number of carbonyl (C=O) groups excluding carboxylic acids is 2. The molecule has 0 bridgehead atoms. The van der Waals surface area contributed by atoms with Crippen molar-refractivity contribution < 1.29 is 14.0 Å². The lowest BCUT2D eigenvalue weighted by Crippen LogP contribution is -2.14. The molecule has 0 aliphatic carbocycles. The minimum Gasteiger partial charge on any atom is -0.444 e. The molecule has 8 heteroatoms. The molecule has 6 nitrogen and oxygen atoms in total. The van der Waals surface area contributed by atoms with Crippen molar-refractivity contribution in [3.63, 3.8) is 0 Å². The largest absolute Gasteiger partial charge is 0.444 e. The Morgan fingerprint density at radius 2 is 1.86 bits per heavy atom. The van der Waals surface area contributed by atoms with Gasteiger partial charge in [-0.15, -0.1) is 11.8 Å². The first kappa shape index (κ1) is 20.7. The predicted molar refractivity (Wildman–Crippen MR) is 116 cm³/mol. The number of hydrogen-bond donors (Lipinski definition) is 2. The van der Waals surface area contributed by atoms with E-state index in [1.807, 2.05) is 24.3 Å². The van der Waals surface area contributed by atoms with Crippen LogP contribution in [0.25, 0.3) is 0 Å². The third kappa shape index (κ3) is 5.73. The van der Waals surface area contributed by atoms with Gasteiger partial charge in [0, 0.05) is 28.3 Å². The molecule has 29 heavy (non-hydrogen) atoms. The molecule has 0 fully saturated rings. The topological polar surface area (TPSA) is 95.1 Å². The van der Waals surface area contributed by atoms with Gasteiger partial charge in [0.2, 0.25) is 0 Å². The van der Waals surface area contributed by atoms with Gasteiger partial charge < -0.3 is 15.1 Å². The molecule has 0 saturated carbocycles. The van der Waals surface area contributed by atoms with Crippen molar-refractivity contribution >= 4 is 50.9 Å². The molecule has 1 aromatic heterocycles. The smallest absolute Gasteiger partial charge is 0.291 e. The zero-order chi connectivity index (χ0) is 20.6. The molecule has 2 aromatic carbocycles. The van der Waals surface area contributed by atoms with Crippen molar-refractivity contribution in [3.8, 4) is 6.07 Å². The van der Waals surface area contributed by atoms with E-state index in [4.69, 9.17) is 9.68 Å². The van der Waals surface area contributed by atoms with Gasteiger partial charge in [0.25, 0.3) is 11.8 Å². The van der Waals surface area contributed by atoms with Gasteiger partial charge in [0.1, 0.15) is 0 Å². The second-order valence-electron chi connectivity index (χ2n) is 5.85. The minimum atomic E-state index is -0.410. The van der Waals surface area contributed by atoms with Crippen LogP contribution in [0.5, 0.6) is 0 Å². The van der Waals surface area contributed by atoms with Crippen LogP contribution in [0, 0.1) is 11.3 Å². The van der Waals surface area contributed by atoms with Crippen molar-refractivity contribution in [2.75, 3.05) is 16.4 Å². The fourth-order valence-corrected chi connectivity index (χ4v) is 3.63. The summed E-state index contributed by atoms with van der Waals surface area (Å²) in [5.74, 6) is 0.103. The lowest BCUT2D eigenvalue weighted by Gasteiger charge is -2.11. The Balaban J connectivity index is 1.70. The van der Waals surface area contributed by atoms with Crippen LogP contribution in [0.15, 0.2) is 74.6 Å². The average Bonchev–Trinajstić information content (AvgIpc) is 3.16. The number of amides is 2. The van der Waals surface area contributed by atoms with Gasteiger partial charge in [-0.2, -0.15) is 5.26 Å². The molecule has 1 heterocycles. The Morgan fingerprint density at radius 3 is 2.62 bits per heavy atom. The Bertz CT molecular complexity index is 1070. The van der Waals surface area contributed by atoms with Gasteiger partial charge >= 0.3 is 0 Å². The van der Waals surface area contributed by atoms with E-state index in [-0.39, 0.29) is 11.7 Å². The van der Waals surface area contributed by atoms with Crippen molar-refractivity contribution in [3.05, 3.63) is 76.7 Å². The van der Waals surface area contributed by atoms with Crippen molar-refractivity contribution in [2.24, 2.45) is 0 Å². The number of carbonyl (C=O) groups is 2. The molecule has 3 rings (SSSR count). The van der Waals surface area contributed by atoms with Crippen LogP contribution in [-0.2, 0) is 0 Å². The summed E-state index contributed by atoms with van der Waals surface area (Å²) >= 11 is 4.67. The van der Waals surface area contributed by atoms with Gasteiger partial charge in [0.15, 0.2) is 10.4 Å². The number of halogens is 1. The molecule has 0 spiro atoms. The molecule has 0 aliphatic rings. The summed E-state index contributed by atoms with van der Waals surface area (Å²) in [4.78, 5) is 25.8. The summed E-state index contributed by atoms with van der Waals surface area (Å²) in [7, 11) is 0. The highest BCUT2D eigenvalue weighted by Crippen LogP contribution is 2.28. The highest BCUT2D eigenvalue weighted by atomic mass is 79.9. The first-order valence-electron chi connectivity index (χ1n) is 8.63. The summed E-state index contributed by atoms with van der Waals surface area (Å²) in [5.41, 5.74) is 1.56. The number of nitrogens with zero attached hydrogens (tertiary/aromatic N) is 1. The number of thioether (sulfide) groups is 1. The minimum absolute atomic E-state index is 0.162. The van der Waals surface area contributed by atoms with E-state index >= 15 is 0 Å². The molecule has 0 radical (unpaired) electrons. The van der Waals surface area contributed by atoms with E-state index in [1.54, 1.807) is 36.4 Å². The standard InChI is InChI=1S/C21H16BrN3O3S/c22-19-10-9-17(28-19)21(27)24-15-6-3-5-14(13-15)20(26)25-16-7-1-2-8-18(16)29-12-4-11-23/h1-3,5-10,13H,4,12H2,(H,24,27)(H,25,26). The average molecular weight is 470 g/mol. The first-order chi connectivity index (χ1) is 14.1. The van der Waals surface area contributed by atoms with Crippen LogP contribution in [0.2, 0.25) is 0 Å². The van der Waals surface area contributed by atoms with Crippen LogP contribution in [-0.4, -0.2) is 17.6 Å². The van der Waals surface area contributed by atoms with E-state index in [9.17, 15) is 9.59 Å². The Kier molecular flexibility index (Phi) is 7.11. The zero-order valence-corrected chi connectivity index (χ0v) is 17.5. The third-order valence-electron chi connectivity index (χ3n) is 3.79. The molecule has 0 unspecified atom stereocenters. The van der Waals surface area contributed by atoms with E-state index in [2.05, 4.69) is 32.6 Å². The quantitative estimate of drug-likeness (QED) is 0.349. The highest BCUT2D eigenvalue weighted by molar-refractivity contribution is 9.10. The van der Waals surface area contributed by atoms with Crippen molar-refractivity contribution in [2.45, 2.75) is 11.3 Å². The van der Waals surface area contributed by atoms with Gasteiger partial charge in [-0.3, -0.25) is 9.59 Å². The Labute approximate surface area is 180 Å². The summed E-state index contributed by atoms with van der Waals surface area (Å²) in [6.45, 7) is 0. The molecule has 2 amide bonds. The Hall–Kier alpha value is -3.02. The van der Waals surface area contributed by atoms with E-state index in [0.29, 0.717) is 33.8 Å². The van der Waals surface area contributed by atoms with Gasteiger partial charge in [-0.1, -0.05) is 18.2 Å². The normalized spacial score (nSPS) is 10.2. The summed E-state index contributed by atoms with van der Waals surface area (Å²) in [6.07, 6.45) is 0.431. The van der Waals surface area contributed by atoms with Gasteiger partial charge in [0.05, 0.1) is 11.8 Å². The second kappa shape index (κ2) is 9.96. The second-order valence-corrected chi connectivity index (χ2v) is 7.76. The van der Waals surface area contributed by atoms with Crippen LogP contribution in [0.3, 0.4) is 0 Å². The van der Waals surface area contributed by atoms with E-state index in [0.717, 1.165) is 4.90 Å². The fourth-order valence-electron chi connectivity index (χ4n) is 2.46. The molecule has 0 saturated heterocycles. The van der Waals surface area contributed by atoms with Crippen LogP contribution < -0.4 is 10.6 Å². The summed E-state index contributed by atoms with van der Waals surface area (Å²) in [5, 5.41) is 14.3. The summed E-state index contributed by atoms with van der Waals surface area (Å²) < 4.78 is 5.69. The maximum Gasteiger partial charge on any atom is 0.291 e. The first-order valence-corrected chi connectivity index (χ1v) is 10.4. The highest BCUT2D eigenvalue weighted by Gasteiger charge is 2.13. The van der Waals surface area contributed by atoms with Crippen molar-refractivity contribution in [1.82, 2.24) is 0 Å².